The maximum absolute atomic E-state index is 12.2. The minimum atomic E-state index is -0.0452. The van der Waals surface area contributed by atoms with Gasteiger partial charge in [0, 0.05) is 24.8 Å². The molecular weight excluding hydrogens is 238 g/mol. The van der Waals surface area contributed by atoms with E-state index in [9.17, 15) is 4.79 Å². The first-order valence-corrected chi connectivity index (χ1v) is 7.00. The monoisotopic (exact) mass is 261 g/mol. The predicted octanol–water partition coefficient (Wildman–Crippen LogP) is 1.79. The number of anilines is 1. The maximum Gasteiger partial charge on any atom is 0.253 e. The van der Waals surface area contributed by atoms with Crippen LogP contribution in [0.2, 0.25) is 0 Å². The number of likely N-dealkylation sites (tertiary alicyclic amines) is 1. The molecule has 0 radical (unpaired) electrons. The molecule has 0 saturated carbocycles. The molecule has 0 spiro atoms. The smallest absolute Gasteiger partial charge is 0.253 e. The van der Waals surface area contributed by atoms with E-state index in [1.165, 1.54) is 0 Å². The average Bonchev–Trinajstić information content (AvgIpc) is 2.42. The second-order valence-corrected chi connectivity index (χ2v) is 5.22. The first kappa shape index (κ1) is 13.9. The lowest BCUT2D eigenvalue weighted by Crippen LogP contribution is -2.44. The molecule has 4 heteroatoms. The van der Waals surface area contributed by atoms with Crippen molar-refractivity contribution in [2.24, 2.45) is 0 Å². The number of hydrogen-bond donors (Lipinski definition) is 2. The molecule has 2 rings (SSSR count). The van der Waals surface area contributed by atoms with Gasteiger partial charge in [-0.05, 0) is 37.9 Å². The zero-order chi connectivity index (χ0) is 13.8. The van der Waals surface area contributed by atoms with E-state index in [4.69, 9.17) is 5.73 Å². The normalized spacial score (nSPS) is 17.4. The quantitative estimate of drug-likeness (QED) is 0.816. The lowest BCUT2D eigenvalue weighted by molar-refractivity contribution is 0.0913. The van der Waals surface area contributed by atoms with Crippen molar-refractivity contribution in [1.29, 1.82) is 0 Å². The summed E-state index contributed by atoms with van der Waals surface area (Å²) < 4.78 is 0. The van der Waals surface area contributed by atoms with Crippen molar-refractivity contribution >= 4 is 11.6 Å². The van der Waals surface area contributed by atoms with Crippen LogP contribution in [0.3, 0.4) is 0 Å². The third kappa shape index (κ3) is 3.26. The number of para-hydroxylation sites is 1. The van der Waals surface area contributed by atoms with Gasteiger partial charge in [0.15, 0.2) is 0 Å². The Morgan fingerprint density at radius 2 is 2.11 bits per heavy atom. The fourth-order valence-electron chi connectivity index (χ4n) is 2.54. The van der Waals surface area contributed by atoms with Crippen LogP contribution in [-0.4, -0.2) is 36.5 Å². The lowest BCUT2D eigenvalue weighted by Gasteiger charge is -2.31. The number of nitrogen functional groups attached to an aromatic ring is 1. The van der Waals surface area contributed by atoms with Crippen molar-refractivity contribution in [2.75, 3.05) is 25.4 Å². The van der Waals surface area contributed by atoms with Gasteiger partial charge >= 0.3 is 0 Å². The molecule has 1 heterocycles. The van der Waals surface area contributed by atoms with Crippen LogP contribution in [0.15, 0.2) is 18.2 Å². The van der Waals surface area contributed by atoms with Gasteiger partial charge < -0.3 is 16.0 Å². The molecule has 0 atom stereocenters. The molecular formula is C15H23N3O. The summed E-state index contributed by atoms with van der Waals surface area (Å²) >= 11 is 0. The Kier molecular flexibility index (Phi) is 4.43. The van der Waals surface area contributed by atoms with Crippen LogP contribution in [0, 0.1) is 6.92 Å². The van der Waals surface area contributed by atoms with Crippen molar-refractivity contribution in [3.05, 3.63) is 29.3 Å². The second-order valence-electron chi connectivity index (χ2n) is 5.22. The molecule has 1 aliphatic rings. The molecule has 4 nitrogen and oxygen atoms in total. The van der Waals surface area contributed by atoms with Crippen LogP contribution in [0.5, 0.6) is 0 Å². The Bertz CT molecular complexity index is 451. The van der Waals surface area contributed by atoms with Crippen molar-refractivity contribution in [3.63, 3.8) is 0 Å². The fourth-order valence-corrected chi connectivity index (χ4v) is 2.54. The third-order valence-electron chi connectivity index (χ3n) is 3.94. The van der Waals surface area contributed by atoms with Gasteiger partial charge in [0.05, 0.1) is 5.56 Å². The van der Waals surface area contributed by atoms with Gasteiger partial charge in [-0.25, -0.2) is 0 Å². The SMILES string of the molecule is CCN1CCC(NC(=O)c2cccc(C)c2N)CC1. The summed E-state index contributed by atoms with van der Waals surface area (Å²) in [4.78, 5) is 14.6. The first-order chi connectivity index (χ1) is 9.11. The van der Waals surface area contributed by atoms with Gasteiger partial charge in [-0.15, -0.1) is 0 Å². The van der Waals surface area contributed by atoms with Gasteiger partial charge in [0.2, 0.25) is 0 Å². The number of rotatable bonds is 3. The predicted molar refractivity (Wildman–Crippen MR) is 78.2 cm³/mol. The van der Waals surface area contributed by atoms with Crippen molar-refractivity contribution in [2.45, 2.75) is 32.7 Å². The summed E-state index contributed by atoms with van der Waals surface area (Å²) in [6.07, 6.45) is 2.04. The molecule has 1 aromatic rings. The van der Waals surface area contributed by atoms with E-state index in [2.05, 4.69) is 17.1 Å². The minimum Gasteiger partial charge on any atom is -0.398 e. The number of amides is 1. The number of hydrogen-bond acceptors (Lipinski definition) is 3. The van der Waals surface area contributed by atoms with Crippen LogP contribution >= 0.6 is 0 Å². The molecule has 1 fully saturated rings. The van der Waals surface area contributed by atoms with Crippen LogP contribution in [0.4, 0.5) is 5.69 Å². The maximum atomic E-state index is 12.2. The van der Waals surface area contributed by atoms with E-state index in [0.717, 1.165) is 38.0 Å². The highest BCUT2D eigenvalue weighted by atomic mass is 16.1. The average molecular weight is 261 g/mol. The molecule has 104 valence electrons. The lowest BCUT2D eigenvalue weighted by atomic mass is 10.0. The Morgan fingerprint density at radius 1 is 1.42 bits per heavy atom. The van der Waals surface area contributed by atoms with Crippen LogP contribution in [-0.2, 0) is 0 Å². The summed E-state index contributed by atoms with van der Waals surface area (Å²) in [6.45, 7) is 7.30. The van der Waals surface area contributed by atoms with Crippen molar-refractivity contribution < 1.29 is 4.79 Å². The number of carbonyl (C=O) groups is 1. The van der Waals surface area contributed by atoms with Gasteiger partial charge in [0.25, 0.3) is 5.91 Å². The molecule has 1 amide bonds. The summed E-state index contributed by atoms with van der Waals surface area (Å²) in [5.41, 5.74) is 8.10. The highest BCUT2D eigenvalue weighted by molar-refractivity contribution is 5.99. The Labute approximate surface area is 115 Å². The number of nitrogens with zero attached hydrogens (tertiary/aromatic N) is 1. The number of benzene rings is 1. The molecule has 1 saturated heterocycles. The zero-order valence-electron chi connectivity index (χ0n) is 11.8. The standard InChI is InChI=1S/C15H23N3O/c1-3-18-9-7-12(8-10-18)17-15(19)13-6-4-5-11(2)14(13)16/h4-6,12H,3,7-10,16H2,1-2H3,(H,17,19). The van der Waals surface area contributed by atoms with E-state index in [1.54, 1.807) is 6.07 Å². The van der Waals surface area contributed by atoms with Gasteiger partial charge in [-0.1, -0.05) is 19.1 Å². The van der Waals surface area contributed by atoms with Crippen LogP contribution in [0.1, 0.15) is 35.7 Å². The minimum absolute atomic E-state index is 0.0452. The molecule has 0 unspecified atom stereocenters. The molecule has 0 bridgehead atoms. The fraction of sp³-hybridized carbons (Fsp3) is 0.533. The zero-order valence-corrected chi connectivity index (χ0v) is 11.8. The Morgan fingerprint density at radius 3 is 2.74 bits per heavy atom. The van der Waals surface area contributed by atoms with Gasteiger partial charge in [-0.3, -0.25) is 4.79 Å². The summed E-state index contributed by atoms with van der Waals surface area (Å²) in [6, 6.07) is 5.86. The summed E-state index contributed by atoms with van der Waals surface area (Å²) in [5, 5.41) is 3.10. The Hall–Kier alpha value is -1.55. The van der Waals surface area contributed by atoms with E-state index in [1.807, 2.05) is 19.1 Å². The molecule has 1 aliphatic heterocycles. The second kappa shape index (κ2) is 6.06. The van der Waals surface area contributed by atoms with Gasteiger partial charge in [0.1, 0.15) is 0 Å². The highest BCUT2D eigenvalue weighted by Gasteiger charge is 2.21. The molecule has 3 N–H and O–H groups in total. The third-order valence-corrected chi connectivity index (χ3v) is 3.94. The molecule has 0 aliphatic carbocycles. The van der Waals surface area contributed by atoms with Gasteiger partial charge in [-0.2, -0.15) is 0 Å². The number of aryl methyl sites for hydroxylation is 1. The number of nitrogens with two attached hydrogens (primary N) is 1. The Balaban J connectivity index is 1.96. The number of nitrogens with one attached hydrogen (secondary N) is 1. The van der Waals surface area contributed by atoms with E-state index >= 15 is 0 Å². The first-order valence-electron chi connectivity index (χ1n) is 7.00. The van der Waals surface area contributed by atoms with Crippen LogP contribution < -0.4 is 11.1 Å². The van der Waals surface area contributed by atoms with Crippen molar-refractivity contribution in [1.82, 2.24) is 10.2 Å². The van der Waals surface area contributed by atoms with Crippen LogP contribution in [0.25, 0.3) is 0 Å². The number of piperidine rings is 1. The topological polar surface area (TPSA) is 58.4 Å². The largest absolute Gasteiger partial charge is 0.398 e. The van der Waals surface area contributed by atoms with E-state index < -0.39 is 0 Å². The molecule has 1 aromatic carbocycles. The van der Waals surface area contributed by atoms with E-state index in [-0.39, 0.29) is 11.9 Å². The highest BCUT2D eigenvalue weighted by Crippen LogP contribution is 2.17. The van der Waals surface area contributed by atoms with E-state index in [0.29, 0.717) is 11.3 Å². The van der Waals surface area contributed by atoms with Crippen molar-refractivity contribution in [3.8, 4) is 0 Å². The summed E-state index contributed by atoms with van der Waals surface area (Å²) in [5.74, 6) is -0.0452. The summed E-state index contributed by atoms with van der Waals surface area (Å²) in [7, 11) is 0. The molecule has 19 heavy (non-hydrogen) atoms. The number of carbonyl (C=O) groups excluding carboxylic acids is 1. The molecule has 0 aromatic heterocycles.